The van der Waals surface area contributed by atoms with Crippen LogP contribution in [-0.4, -0.2) is 36.5 Å². The highest BCUT2D eigenvalue weighted by Crippen LogP contribution is 2.20. The molecule has 1 aliphatic heterocycles. The fraction of sp³-hybridized carbons (Fsp3) is 0.533. The second-order valence-corrected chi connectivity index (χ2v) is 5.15. The molecule has 1 fully saturated rings. The lowest BCUT2D eigenvalue weighted by atomic mass is 10.0. The van der Waals surface area contributed by atoms with Crippen molar-refractivity contribution in [3.05, 3.63) is 29.8 Å². The molecule has 0 unspecified atom stereocenters. The van der Waals surface area contributed by atoms with Crippen LogP contribution in [0, 0.1) is 0 Å². The summed E-state index contributed by atoms with van der Waals surface area (Å²) in [6.07, 6.45) is 2.61. The van der Waals surface area contributed by atoms with Crippen molar-refractivity contribution < 1.29 is 4.79 Å². The third-order valence-electron chi connectivity index (χ3n) is 3.78. The number of amides is 1. The Balaban J connectivity index is 1.97. The summed E-state index contributed by atoms with van der Waals surface area (Å²) in [5.74, 6) is -0.282. The van der Waals surface area contributed by atoms with Gasteiger partial charge in [-0.25, -0.2) is 0 Å². The second kappa shape index (κ2) is 6.57. The van der Waals surface area contributed by atoms with Crippen molar-refractivity contribution in [2.24, 2.45) is 5.73 Å². The van der Waals surface area contributed by atoms with Crippen LogP contribution in [0.2, 0.25) is 0 Å². The van der Waals surface area contributed by atoms with Crippen molar-refractivity contribution in [1.82, 2.24) is 4.90 Å². The van der Waals surface area contributed by atoms with Gasteiger partial charge in [0.15, 0.2) is 0 Å². The molecule has 1 aliphatic rings. The molecule has 0 spiro atoms. The minimum Gasteiger partial charge on any atom is -0.382 e. The van der Waals surface area contributed by atoms with Crippen molar-refractivity contribution in [2.45, 2.75) is 32.2 Å². The van der Waals surface area contributed by atoms with Crippen molar-refractivity contribution >= 4 is 11.6 Å². The Morgan fingerprint density at radius 1 is 1.37 bits per heavy atom. The molecule has 1 heterocycles. The normalized spacial score (nSPS) is 17.3. The highest BCUT2D eigenvalue weighted by molar-refractivity contribution is 5.78. The van der Waals surface area contributed by atoms with Crippen molar-refractivity contribution in [2.75, 3.05) is 25.0 Å². The maximum absolute atomic E-state index is 11.1. The number of carbonyl (C=O) groups excluding carboxylic acids is 1. The minimum atomic E-state index is -0.282. The van der Waals surface area contributed by atoms with E-state index in [0.717, 1.165) is 43.7 Å². The summed E-state index contributed by atoms with van der Waals surface area (Å²) < 4.78 is 0. The van der Waals surface area contributed by atoms with Gasteiger partial charge >= 0.3 is 0 Å². The van der Waals surface area contributed by atoms with E-state index in [-0.39, 0.29) is 5.91 Å². The van der Waals surface area contributed by atoms with E-state index in [1.54, 1.807) is 0 Å². The first-order chi connectivity index (χ1) is 9.19. The van der Waals surface area contributed by atoms with E-state index in [9.17, 15) is 4.79 Å². The van der Waals surface area contributed by atoms with Crippen LogP contribution in [-0.2, 0) is 11.2 Å². The maximum atomic E-state index is 11.1. The summed E-state index contributed by atoms with van der Waals surface area (Å²) >= 11 is 0. The molecular formula is C15H23N3O. The molecule has 0 atom stereocenters. The van der Waals surface area contributed by atoms with Crippen LogP contribution in [0.4, 0.5) is 5.69 Å². The number of likely N-dealkylation sites (tertiary alicyclic amines) is 1. The van der Waals surface area contributed by atoms with E-state index in [1.165, 1.54) is 0 Å². The average Bonchev–Trinajstić information content (AvgIpc) is 2.41. The van der Waals surface area contributed by atoms with Gasteiger partial charge in [0.25, 0.3) is 0 Å². The number of para-hydroxylation sites is 1. The van der Waals surface area contributed by atoms with E-state index in [2.05, 4.69) is 17.1 Å². The van der Waals surface area contributed by atoms with Gasteiger partial charge in [0.2, 0.25) is 5.91 Å². The lowest BCUT2D eigenvalue weighted by molar-refractivity contribution is -0.117. The molecule has 3 N–H and O–H groups in total. The van der Waals surface area contributed by atoms with Crippen LogP contribution in [0.15, 0.2) is 24.3 Å². The van der Waals surface area contributed by atoms with Crippen LogP contribution in [0.3, 0.4) is 0 Å². The van der Waals surface area contributed by atoms with Gasteiger partial charge in [-0.2, -0.15) is 0 Å². The number of piperidine rings is 1. The molecule has 0 bridgehead atoms. The number of hydrogen-bond donors (Lipinski definition) is 2. The van der Waals surface area contributed by atoms with E-state index in [4.69, 9.17) is 5.73 Å². The van der Waals surface area contributed by atoms with Gasteiger partial charge < -0.3 is 16.0 Å². The van der Waals surface area contributed by atoms with Gasteiger partial charge in [0.1, 0.15) is 0 Å². The smallest absolute Gasteiger partial charge is 0.221 e. The number of primary amides is 1. The number of carbonyl (C=O) groups is 1. The van der Waals surface area contributed by atoms with E-state index < -0.39 is 0 Å². The Labute approximate surface area is 115 Å². The zero-order chi connectivity index (χ0) is 13.7. The maximum Gasteiger partial charge on any atom is 0.221 e. The topological polar surface area (TPSA) is 58.4 Å². The van der Waals surface area contributed by atoms with Gasteiger partial charge in [-0.3, -0.25) is 4.79 Å². The zero-order valence-corrected chi connectivity index (χ0v) is 11.6. The zero-order valence-electron chi connectivity index (χ0n) is 11.6. The Morgan fingerprint density at radius 2 is 2.05 bits per heavy atom. The SMILES string of the molecule is CCN1CCC(Nc2ccccc2CC(N)=O)CC1. The number of hydrogen-bond acceptors (Lipinski definition) is 3. The molecule has 0 saturated carbocycles. The van der Waals surface area contributed by atoms with Crippen LogP contribution >= 0.6 is 0 Å². The highest BCUT2D eigenvalue weighted by atomic mass is 16.1. The number of benzene rings is 1. The van der Waals surface area contributed by atoms with Crippen molar-refractivity contribution in [3.63, 3.8) is 0 Å². The molecule has 104 valence electrons. The van der Waals surface area contributed by atoms with E-state index in [1.807, 2.05) is 24.3 Å². The first-order valence-electron chi connectivity index (χ1n) is 7.04. The fourth-order valence-corrected chi connectivity index (χ4v) is 2.62. The van der Waals surface area contributed by atoms with Gasteiger partial charge in [-0.15, -0.1) is 0 Å². The van der Waals surface area contributed by atoms with Gasteiger partial charge in [0, 0.05) is 24.8 Å². The molecule has 1 amide bonds. The summed E-state index contributed by atoms with van der Waals surface area (Å²) in [5, 5.41) is 3.57. The third-order valence-corrected chi connectivity index (χ3v) is 3.78. The lowest BCUT2D eigenvalue weighted by Gasteiger charge is -2.32. The quantitative estimate of drug-likeness (QED) is 0.846. The molecule has 19 heavy (non-hydrogen) atoms. The summed E-state index contributed by atoms with van der Waals surface area (Å²) in [6, 6.07) is 8.44. The van der Waals surface area contributed by atoms with Gasteiger partial charge in [-0.1, -0.05) is 25.1 Å². The number of nitrogens with zero attached hydrogens (tertiary/aromatic N) is 1. The summed E-state index contributed by atoms with van der Waals surface area (Å²) in [6.45, 7) is 5.62. The van der Waals surface area contributed by atoms with Crippen LogP contribution in [0.1, 0.15) is 25.3 Å². The van der Waals surface area contributed by atoms with E-state index in [0.29, 0.717) is 12.5 Å². The Morgan fingerprint density at radius 3 is 2.68 bits per heavy atom. The predicted octanol–water partition coefficient (Wildman–Crippen LogP) is 1.61. The average molecular weight is 261 g/mol. The Bertz CT molecular complexity index is 425. The molecule has 4 heteroatoms. The molecule has 1 saturated heterocycles. The van der Waals surface area contributed by atoms with Crippen LogP contribution in [0.25, 0.3) is 0 Å². The molecule has 2 rings (SSSR count). The largest absolute Gasteiger partial charge is 0.382 e. The molecule has 1 aromatic rings. The van der Waals surface area contributed by atoms with Crippen LogP contribution in [0.5, 0.6) is 0 Å². The standard InChI is InChI=1S/C15H23N3O/c1-2-18-9-7-13(8-10-18)17-14-6-4-3-5-12(14)11-15(16)19/h3-6,13,17H,2,7-11H2,1H3,(H2,16,19). The monoisotopic (exact) mass is 261 g/mol. The first-order valence-corrected chi connectivity index (χ1v) is 7.04. The molecular weight excluding hydrogens is 238 g/mol. The van der Waals surface area contributed by atoms with Crippen LogP contribution < -0.4 is 11.1 Å². The molecule has 0 aromatic heterocycles. The Hall–Kier alpha value is -1.55. The second-order valence-electron chi connectivity index (χ2n) is 5.15. The first kappa shape index (κ1) is 13.9. The Kier molecular flexibility index (Phi) is 4.80. The summed E-state index contributed by atoms with van der Waals surface area (Å²) in [4.78, 5) is 13.5. The number of anilines is 1. The number of rotatable bonds is 5. The van der Waals surface area contributed by atoms with Crippen molar-refractivity contribution in [3.8, 4) is 0 Å². The molecule has 0 radical (unpaired) electrons. The number of nitrogens with one attached hydrogen (secondary N) is 1. The fourth-order valence-electron chi connectivity index (χ4n) is 2.62. The number of nitrogens with two attached hydrogens (primary N) is 1. The van der Waals surface area contributed by atoms with Gasteiger partial charge in [0.05, 0.1) is 6.42 Å². The molecule has 4 nitrogen and oxygen atoms in total. The predicted molar refractivity (Wildman–Crippen MR) is 78.1 cm³/mol. The van der Waals surface area contributed by atoms with E-state index >= 15 is 0 Å². The summed E-state index contributed by atoms with van der Waals surface area (Å²) in [7, 11) is 0. The molecule has 1 aromatic carbocycles. The van der Waals surface area contributed by atoms with Gasteiger partial charge in [-0.05, 0) is 31.0 Å². The minimum absolute atomic E-state index is 0.282. The summed E-state index contributed by atoms with van der Waals surface area (Å²) in [5.41, 5.74) is 7.33. The highest BCUT2D eigenvalue weighted by Gasteiger charge is 2.18. The van der Waals surface area contributed by atoms with Crippen molar-refractivity contribution in [1.29, 1.82) is 0 Å². The third kappa shape index (κ3) is 3.96. The molecule has 0 aliphatic carbocycles. The lowest BCUT2D eigenvalue weighted by Crippen LogP contribution is -2.39.